The highest BCUT2D eigenvalue weighted by atomic mass is 127. The van der Waals surface area contributed by atoms with Crippen LogP contribution in [0.15, 0.2) is 34.9 Å². The Labute approximate surface area is 133 Å². The third-order valence-corrected chi connectivity index (χ3v) is 3.80. The first kappa shape index (κ1) is 14.4. The number of carbonyl (C=O) groups is 1. The first-order valence-corrected chi connectivity index (χ1v) is 7.45. The van der Waals surface area contributed by atoms with Gasteiger partial charge in [-0.3, -0.25) is 4.79 Å². The lowest BCUT2D eigenvalue weighted by Crippen LogP contribution is -2.24. The third-order valence-electron chi connectivity index (χ3n) is 2.44. The summed E-state index contributed by atoms with van der Waals surface area (Å²) in [5, 5.41) is 2.85. The van der Waals surface area contributed by atoms with Crippen molar-refractivity contribution in [2.24, 2.45) is 0 Å². The molecule has 98 valence electrons. The molecule has 0 spiro atoms. The lowest BCUT2D eigenvalue weighted by molar-refractivity contribution is 0.0949. The van der Waals surface area contributed by atoms with E-state index in [1.165, 1.54) is 0 Å². The lowest BCUT2D eigenvalue weighted by atomic mass is 10.2. The summed E-state index contributed by atoms with van der Waals surface area (Å²) in [7, 11) is 0. The van der Waals surface area contributed by atoms with Crippen LogP contribution in [0.2, 0.25) is 0 Å². The molecule has 0 saturated heterocycles. The molecule has 4 nitrogen and oxygen atoms in total. The van der Waals surface area contributed by atoms with Gasteiger partial charge in [0.15, 0.2) is 0 Å². The zero-order valence-corrected chi connectivity index (χ0v) is 13.9. The maximum Gasteiger partial charge on any atom is 0.252 e. The Morgan fingerprint density at radius 3 is 2.95 bits per heavy atom. The molecule has 0 fully saturated rings. The van der Waals surface area contributed by atoms with E-state index in [1.54, 1.807) is 12.3 Å². The van der Waals surface area contributed by atoms with Gasteiger partial charge in [0.25, 0.3) is 5.91 Å². The fraction of sp³-hybridized carbons (Fsp3) is 0.154. The summed E-state index contributed by atoms with van der Waals surface area (Å²) < 4.78 is 1.80. The second-order valence-electron chi connectivity index (χ2n) is 3.90. The van der Waals surface area contributed by atoms with Crippen LogP contribution in [0.4, 0.5) is 0 Å². The topological polar surface area (TPSA) is 54.9 Å². The van der Waals surface area contributed by atoms with Gasteiger partial charge in [-0.05, 0) is 69.7 Å². The van der Waals surface area contributed by atoms with Crippen molar-refractivity contribution in [1.82, 2.24) is 15.3 Å². The highest BCUT2D eigenvalue weighted by Crippen LogP contribution is 2.19. The molecule has 0 atom stereocenters. The van der Waals surface area contributed by atoms with E-state index in [0.29, 0.717) is 17.9 Å². The van der Waals surface area contributed by atoms with Crippen molar-refractivity contribution >= 4 is 44.4 Å². The zero-order valence-electron chi connectivity index (χ0n) is 10.2. The summed E-state index contributed by atoms with van der Waals surface area (Å²) in [6.45, 7) is 2.21. The molecule has 19 heavy (non-hydrogen) atoms. The van der Waals surface area contributed by atoms with E-state index >= 15 is 0 Å². The summed E-state index contributed by atoms with van der Waals surface area (Å²) >= 11 is 5.56. The number of hydrogen-bond acceptors (Lipinski definition) is 3. The fourth-order valence-electron chi connectivity index (χ4n) is 1.54. The second-order valence-corrected chi connectivity index (χ2v) is 6.00. The van der Waals surface area contributed by atoms with Crippen molar-refractivity contribution in [2.45, 2.75) is 13.5 Å². The molecule has 1 heterocycles. The second kappa shape index (κ2) is 6.42. The third kappa shape index (κ3) is 3.97. The summed E-state index contributed by atoms with van der Waals surface area (Å²) in [5.74, 6) is 0.573. The quantitative estimate of drug-likeness (QED) is 0.760. The van der Waals surface area contributed by atoms with Gasteiger partial charge in [-0.25, -0.2) is 9.97 Å². The molecule has 1 aromatic carbocycles. The van der Waals surface area contributed by atoms with Crippen LogP contribution >= 0.6 is 38.5 Å². The Hall–Kier alpha value is -1.02. The molecule has 2 rings (SSSR count). The van der Waals surface area contributed by atoms with Crippen molar-refractivity contribution in [2.75, 3.05) is 0 Å². The van der Waals surface area contributed by atoms with Gasteiger partial charge in [0.05, 0.1) is 17.8 Å². The van der Waals surface area contributed by atoms with Crippen molar-refractivity contribution in [3.63, 3.8) is 0 Å². The average molecular weight is 432 g/mol. The standard InChI is InChI=1S/C13H11BrIN3O/c1-8-16-5-4-10(18-8)7-17-13(19)11-6-9(15)2-3-12(11)14/h2-6H,7H2,1H3,(H,17,19). The van der Waals surface area contributed by atoms with Crippen LogP contribution in [0.1, 0.15) is 21.9 Å². The Kier molecular flexibility index (Phi) is 4.87. The van der Waals surface area contributed by atoms with Crippen LogP contribution in [0, 0.1) is 10.5 Å². The number of hydrogen-bond donors (Lipinski definition) is 1. The van der Waals surface area contributed by atoms with Gasteiger partial charge in [0.1, 0.15) is 5.82 Å². The Bertz CT molecular complexity index is 619. The maximum absolute atomic E-state index is 12.1. The molecule has 1 N–H and O–H groups in total. The molecule has 1 amide bonds. The van der Waals surface area contributed by atoms with Gasteiger partial charge >= 0.3 is 0 Å². The van der Waals surface area contributed by atoms with Crippen LogP contribution in [0.3, 0.4) is 0 Å². The van der Waals surface area contributed by atoms with Gasteiger partial charge < -0.3 is 5.32 Å². The number of nitrogens with zero attached hydrogens (tertiary/aromatic N) is 2. The van der Waals surface area contributed by atoms with Gasteiger partial charge in [-0.1, -0.05) is 0 Å². The van der Waals surface area contributed by atoms with E-state index in [2.05, 4.69) is 53.8 Å². The number of aryl methyl sites for hydroxylation is 1. The number of halogens is 2. The van der Waals surface area contributed by atoms with Gasteiger partial charge in [0, 0.05) is 14.2 Å². The first-order chi connectivity index (χ1) is 9.06. The Balaban J connectivity index is 2.07. The maximum atomic E-state index is 12.1. The molecule has 0 aliphatic rings. The predicted octanol–water partition coefficient (Wildman–Crippen LogP) is 3.08. The highest BCUT2D eigenvalue weighted by Gasteiger charge is 2.10. The minimum atomic E-state index is -0.123. The number of aromatic nitrogens is 2. The SMILES string of the molecule is Cc1nccc(CNC(=O)c2cc(I)ccc2Br)n1. The number of benzene rings is 1. The van der Waals surface area contributed by atoms with Gasteiger partial charge in [-0.15, -0.1) is 0 Å². The molecule has 0 unspecified atom stereocenters. The lowest BCUT2D eigenvalue weighted by Gasteiger charge is -2.07. The summed E-state index contributed by atoms with van der Waals surface area (Å²) in [5.41, 5.74) is 1.42. The zero-order chi connectivity index (χ0) is 13.8. The summed E-state index contributed by atoms with van der Waals surface area (Å²) in [4.78, 5) is 20.3. The minimum Gasteiger partial charge on any atom is -0.346 e. The largest absolute Gasteiger partial charge is 0.346 e. The molecule has 0 bridgehead atoms. The van der Waals surface area contributed by atoms with E-state index in [9.17, 15) is 4.79 Å². The molecular formula is C13H11BrIN3O. The molecular weight excluding hydrogens is 421 g/mol. The molecule has 0 aliphatic heterocycles. The molecule has 2 aromatic rings. The minimum absolute atomic E-state index is 0.123. The normalized spacial score (nSPS) is 10.3. The Morgan fingerprint density at radius 1 is 1.42 bits per heavy atom. The Morgan fingerprint density at radius 2 is 2.21 bits per heavy atom. The van der Waals surface area contributed by atoms with E-state index < -0.39 is 0 Å². The highest BCUT2D eigenvalue weighted by molar-refractivity contribution is 14.1. The number of amides is 1. The van der Waals surface area contributed by atoms with E-state index in [4.69, 9.17) is 0 Å². The van der Waals surface area contributed by atoms with Crippen LogP contribution < -0.4 is 5.32 Å². The molecule has 0 saturated carbocycles. The van der Waals surface area contributed by atoms with Crippen LogP contribution in [0.5, 0.6) is 0 Å². The summed E-state index contributed by atoms with van der Waals surface area (Å²) in [6, 6.07) is 7.43. The van der Waals surface area contributed by atoms with Crippen LogP contribution in [0.25, 0.3) is 0 Å². The van der Waals surface area contributed by atoms with E-state index in [1.807, 2.05) is 25.1 Å². The van der Waals surface area contributed by atoms with Crippen molar-refractivity contribution in [1.29, 1.82) is 0 Å². The molecule has 0 radical (unpaired) electrons. The first-order valence-electron chi connectivity index (χ1n) is 5.58. The number of rotatable bonds is 3. The van der Waals surface area contributed by atoms with Crippen LogP contribution in [-0.2, 0) is 6.54 Å². The van der Waals surface area contributed by atoms with Gasteiger partial charge in [-0.2, -0.15) is 0 Å². The molecule has 1 aromatic heterocycles. The molecule has 0 aliphatic carbocycles. The fourth-order valence-corrected chi connectivity index (χ4v) is 2.46. The van der Waals surface area contributed by atoms with Gasteiger partial charge in [0.2, 0.25) is 0 Å². The monoisotopic (exact) mass is 431 g/mol. The van der Waals surface area contributed by atoms with E-state index in [-0.39, 0.29) is 5.91 Å². The van der Waals surface area contributed by atoms with E-state index in [0.717, 1.165) is 13.7 Å². The number of carbonyl (C=O) groups excluding carboxylic acids is 1. The van der Waals surface area contributed by atoms with Crippen LogP contribution in [-0.4, -0.2) is 15.9 Å². The van der Waals surface area contributed by atoms with Crippen molar-refractivity contribution in [3.8, 4) is 0 Å². The molecule has 6 heteroatoms. The number of nitrogens with one attached hydrogen (secondary N) is 1. The smallest absolute Gasteiger partial charge is 0.252 e. The average Bonchev–Trinajstić information content (AvgIpc) is 2.39. The van der Waals surface area contributed by atoms with Crippen molar-refractivity contribution in [3.05, 3.63) is 55.6 Å². The predicted molar refractivity (Wildman–Crippen MR) is 84.8 cm³/mol. The van der Waals surface area contributed by atoms with Crippen molar-refractivity contribution < 1.29 is 4.79 Å². The summed E-state index contributed by atoms with van der Waals surface area (Å²) in [6.07, 6.45) is 1.69.